The number of rotatable bonds is 8. The van der Waals surface area contributed by atoms with Crippen molar-refractivity contribution in [2.24, 2.45) is 23.7 Å². The molecule has 1 aromatic carbocycles. The van der Waals surface area contributed by atoms with E-state index >= 15 is 0 Å². The van der Waals surface area contributed by atoms with Gasteiger partial charge in [0.2, 0.25) is 0 Å². The number of hydrogen-bond acceptors (Lipinski definition) is 3. The topological polar surface area (TPSA) is 58.2 Å². The van der Waals surface area contributed by atoms with E-state index in [0.29, 0.717) is 52.6 Å². The van der Waals surface area contributed by atoms with Crippen LogP contribution in [0.5, 0.6) is 0 Å². The first-order valence-corrected chi connectivity index (χ1v) is 10.3. The monoisotopic (exact) mass is 374 g/mol. The Hall–Kier alpha value is -1.39. The fraction of sp³-hybridized carbons (Fsp3) is 0.619. The second-order valence-corrected chi connectivity index (χ2v) is 8.63. The smallest absolute Gasteiger partial charge is 0.251 e. The molecule has 0 heterocycles. The molecule has 2 N–H and O–H groups in total. The molecule has 1 aromatic rings. The van der Waals surface area contributed by atoms with Crippen LogP contribution < -0.4 is 10.6 Å². The van der Waals surface area contributed by atoms with Crippen molar-refractivity contribution in [3.8, 4) is 0 Å². The average Bonchev–Trinajstić information content (AvgIpc) is 3.56. The van der Waals surface area contributed by atoms with Crippen molar-refractivity contribution >= 4 is 23.3 Å². The minimum absolute atomic E-state index is 0.0109. The van der Waals surface area contributed by atoms with E-state index < -0.39 is 0 Å². The molecule has 5 heteroatoms. The highest BCUT2D eigenvalue weighted by molar-refractivity contribution is 6.30. The van der Waals surface area contributed by atoms with Gasteiger partial charge in [0, 0.05) is 28.6 Å². The van der Waals surface area contributed by atoms with Crippen molar-refractivity contribution in [1.82, 2.24) is 10.6 Å². The molecule has 3 fully saturated rings. The normalized spacial score (nSPS) is 30.5. The zero-order valence-corrected chi connectivity index (χ0v) is 16.0. The number of Topliss-reactive ketones (excluding diaryl/α,β-unsaturated/α-hetero) is 1. The van der Waals surface area contributed by atoms with E-state index in [2.05, 4.69) is 17.6 Å². The summed E-state index contributed by atoms with van der Waals surface area (Å²) in [5.74, 6) is 2.71. The van der Waals surface area contributed by atoms with Crippen LogP contribution in [0.25, 0.3) is 0 Å². The van der Waals surface area contributed by atoms with Crippen LogP contribution in [0.4, 0.5) is 0 Å². The Morgan fingerprint density at radius 3 is 2.38 bits per heavy atom. The lowest BCUT2D eigenvalue weighted by molar-refractivity contribution is -0.119. The van der Waals surface area contributed by atoms with Gasteiger partial charge in [-0.1, -0.05) is 18.5 Å². The molecule has 0 bridgehead atoms. The zero-order chi connectivity index (χ0) is 18.3. The molecular formula is C21H27ClN2O2. The Bertz CT molecular complexity index is 674. The van der Waals surface area contributed by atoms with Gasteiger partial charge < -0.3 is 10.6 Å². The summed E-state index contributed by atoms with van der Waals surface area (Å²) in [5.41, 5.74) is 0.664. The van der Waals surface area contributed by atoms with Gasteiger partial charge in [-0.05, 0) is 74.1 Å². The third-order valence-electron chi connectivity index (χ3n) is 6.44. The number of amides is 1. The van der Waals surface area contributed by atoms with Crippen LogP contribution in [-0.2, 0) is 4.79 Å². The number of fused-ring (bicyclic) bond motifs is 1. The summed E-state index contributed by atoms with van der Waals surface area (Å²) in [7, 11) is 0. The van der Waals surface area contributed by atoms with Gasteiger partial charge in [-0.25, -0.2) is 0 Å². The maximum absolute atomic E-state index is 12.5. The van der Waals surface area contributed by atoms with E-state index in [9.17, 15) is 9.59 Å². The third kappa shape index (κ3) is 3.81. The van der Waals surface area contributed by atoms with E-state index in [0.717, 1.165) is 32.1 Å². The van der Waals surface area contributed by atoms with Crippen LogP contribution >= 0.6 is 11.6 Å². The molecule has 3 saturated carbocycles. The second-order valence-electron chi connectivity index (χ2n) is 8.19. The van der Waals surface area contributed by atoms with E-state index in [1.807, 2.05) is 0 Å². The Morgan fingerprint density at radius 2 is 1.81 bits per heavy atom. The van der Waals surface area contributed by atoms with Gasteiger partial charge in [0.1, 0.15) is 5.78 Å². The Balaban J connectivity index is 1.25. The number of carbonyl (C=O) groups is 2. The molecule has 1 amide bonds. The van der Waals surface area contributed by atoms with Crippen LogP contribution in [0.15, 0.2) is 24.3 Å². The van der Waals surface area contributed by atoms with E-state index in [1.54, 1.807) is 24.3 Å². The fourth-order valence-corrected chi connectivity index (χ4v) is 4.90. The van der Waals surface area contributed by atoms with Crippen molar-refractivity contribution in [2.75, 3.05) is 6.54 Å². The Labute approximate surface area is 160 Å². The Morgan fingerprint density at radius 1 is 1.15 bits per heavy atom. The number of hydrogen-bond donors (Lipinski definition) is 2. The first-order valence-electron chi connectivity index (χ1n) is 9.89. The first-order chi connectivity index (χ1) is 12.6. The number of nitrogens with one attached hydrogen (secondary N) is 2. The van der Waals surface area contributed by atoms with Gasteiger partial charge in [-0.15, -0.1) is 0 Å². The minimum atomic E-state index is -0.0109. The van der Waals surface area contributed by atoms with Gasteiger partial charge >= 0.3 is 0 Å². The highest BCUT2D eigenvalue weighted by Gasteiger charge is 2.58. The molecular weight excluding hydrogens is 348 g/mol. The largest absolute Gasteiger partial charge is 0.349 e. The molecule has 0 radical (unpaired) electrons. The second kappa shape index (κ2) is 7.32. The molecule has 3 aliphatic carbocycles. The lowest BCUT2D eigenvalue weighted by Gasteiger charge is -2.22. The summed E-state index contributed by atoms with van der Waals surface area (Å²) in [5, 5.41) is 7.33. The number of ketones is 1. The molecule has 4 nitrogen and oxygen atoms in total. The Kier molecular flexibility index (Phi) is 5.07. The SMILES string of the molecule is CCC(NC(=O)c1ccc(Cl)cc1)C1C2CC(NCC(=O)C3CC3)CC21. The van der Waals surface area contributed by atoms with Crippen LogP contribution in [0.2, 0.25) is 5.02 Å². The summed E-state index contributed by atoms with van der Waals surface area (Å²) >= 11 is 5.90. The molecule has 140 valence electrons. The molecule has 26 heavy (non-hydrogen) atoms. The van der Waals surface area contributed by atoms with Gasteiger partial charge in [-0.3, -0.25) is 9.59 Å². The van der Waals surface area contributed by atoms with Crippen LogP contribution in [-0.4, -0.2) is 30.3 Å². The van der Waals surface area contributed by atoms with Crippen LogP contribution in [0.3, 0.4) is 0 Å². The van der Waals surface area contributed by atoms with E-state index in [-0.39, 0.29) is 11.9 Å². The number of halogens is 1. The van der Waals surface area contributed by atoms with Crippen molar-refractivity contribution in [3.05, 3.63) is 34.9 Å². The average molecular weight is 375 g/mol. The van der Waals surface area contributed by atoms with Gasteiger partial charge in [0.15, 0.2) is 0 Å². The van der Waals surface area contributed by atoms with Gasteiger partial charge in [0.25, 0.3) is 5.91 Å². The number of benzene rings is 1. The molecule has 3 aliphatic rings. The predicted octanol–water partition coefficient (Wildman–Crippen LogP) is 3.44. The minimum Gasteiger partial charge on any atom is -0.349 e. The molecule has 0 saturated heterocycles. The molecule has 3 atom stereocenters. The van der Waals surface area contributed by atoms with Crippen molar-refractivity contribution in [1.29, 1.82) is 0 Å². The predicted molar refractivity (Wildman–Crippen MR) is 102 cm³/mol. The van der Waals surface area contributed by atoms with Crippen LogP contribution in [0, 0.1) is 23.7 Å². The van der Waals surface area contributed by atoms with Crippen LogP contribution in [0.1, 0.15) is 49.4 Å². The van der Waals surface area contributed by atoms with Crippen molar-refractivity contribution in [3.63, 3.8) is 0 Å². The van der Waals surface area contributed by atoms with E-state index in [1.165, 1.54) is 0 Å². The summed E-state index contributed by atoms with van der Waals surface area (Å²) in [6.07, 6.45) is 5.41. The van der Waals surface area contributed by atoms with Gasteiger partial charge in [-0.2, -0.15) is 0 Å². The zero-order valence-electron chi connectivity index (χ0n) is 15.2. The molecule has 4 rings (SSSR count). The molecule has 0 aromatic heterocycles. The summed E-state index contributed by atoms with van der Waals surface area (Å²) in [6.45, 7) is 2.69. The summed E-state index contributed by atoms with van der Waals surface area (Å²) in [4.78, 5) is 24.3. The molecule has 0 aliphatic heterocycles. The van der Waals surface area contributed by atoms with E-state index in [4.69, 9.17) is 11.6 Å². The molecule has 3 unspecified atom stereocenters. The quantitative estimate of drug-likeness (QED) is 0.732. The summed E-state index contributed by atoms with van der Waals surface area (Å²) in [6, 6.07) is 7.77. The highest BCUT2D eigenvalue weighted by atomic mass is 35.5. The summed E-state index contributed by atoms with van der Waals surface area (Å²) < 4.78 is 0. The highest BCUT2D eigenvalue weighted by Crippen LogP contribution is 2.59. The third-order valence-corrected chi connectivity index (χ3v) is 6.69. The molecule has 0 spiro atoms. The van der Waals surface area contributed by atoms with Crippen molar-refractivity contribution in [2.45, 2.75) is 51.1 Å². The van der Waals surface area contributed by atoms with Crippen molar-refractivity contribution < 1.29 is 9.59 Å². The standard InChI is InChI=1S/C21H27ClN2O2/c1-2-18(24-21(26)13-5-7-14(22)8-6-13)20-16-9-15(10-17(16)20)23-11-19(25)12-3-4-12/h5-8,12,15-18,20,23H,2-4,9-11H2,1H3,(H,24,26). The maximum Gasteiger partial charge on any atom is 0.251 e. The van der Waals surface area contributed by atoms with Gasteiger partial charge in [0.05, 0.1) is 6.54 Å². The number of carbonyl (C=O) groups excluding carboxylic acids is 2. The lowest BCUT2D eigenvalue weighted by atomic mass is 9.99. The maximum atomic E-state index is 12.5. The first kappa shape index (κ1) is 18.0. The fourth-order valence-electron chi connectivity index (χ4n) is 4.77. The lowest BCUT2D eigenvalue weighted by Crippen LogP contribution is -2.39.